The van der Waals surface area contributed by atoms with Crippen LogP contribution in [0.5, 0.6) is 5.88 Å². The molecule has 0 aliphatic rings. The van der Waals surface area contributed by atoms with Crippen LogP contribution in [0.4, 0.5) is 5.69 Å². The maximum atomic E-state index is 12.2. The van der Waals surface area contributed by atoms with E-state index in [1.54, 1.807) is 18.2 Å². The number of nitrogens with two attached hydrogens (primary N) is 1. The van der Waals surface area contributed by atoms with E-state index in [4.69, 9.17) is 33.7 Å². The number of ether oxygens (including phenoxy) is 1. The van der Waals surface area contributed by atoms with Crippen LogP contribution >= 0.6 is 23.2 Å². The minimum Gasteiger partial charge on any atom is -0.479 e. The summed E-state index contributed by atoms with van der Waals surface area (Å²) in [4.78, 5) is 19.9. The van der Waals surface area contributed by atoms with E-state index in [1.807, 2.05) is 0 Å². The molecule has 0 spiro atoms. The van der Waals surface area contributed by atoms with Crippen molar-refractivity contribution in [3.05, 3.63) is 45.8 Å². The lowest BCUT2D eigenvalue weighted by molar-refractivity contribution is 0.102. The number of hydrogen-bond acceptors (Lipinski definition) is 5. The molecule has 0 aliphatic heterocycles. The second kappa shape index (κ2) is 6.71. The van der Waals surface area contributed by atoms with Gasteiger partial charge in [0.15, 0.2) is 5.15 Å². The Morgan fingerprint density at radius 2 is 2.14 bits per heavy atom. The van der Waals surface area contributed by atoms with Gasteiger partial charge in [0.25, 0.3) is 5.91 Å². The lowest BCUT2D eigenvalue weighted by atomic mass is 10.1. The van der Waals surface area contributed by atoms with Crippen molar-refractivity contribution < 1.29 is 9.53 Å². The van der Waals surface area contributed by atoms with Gasteiger partial charge < -0.3 is 15.8 Å². The first-order valence-electron chi connectivity index (χ1n) is 5.91. The molecule has 0 fully saturated rings. The van der Waals surface area contributed by atoms with Crippen molar-refractivity contribution in [3.63, 3.8) is 0 Å². The quantitative estimate of drug-likeness (QED) is 0.842. The largest absolute Gasteiger partial charge is 0.479 e. The van der Waals surface area contributed by atoms with Crippen LogP contribution in [0, 0.1) is 0 Å². The third-order valence-corrected chi connectivity index (χ3v) is 3.38. The monoisotopic (exact) mass is 326 g/mol. The van der Waals surface area contributed by atoms with E-state index < -0.39 is 5.91 Å². The third kappa shape index (κ3) is 3.41. The number of benzene rings is 1. The van der Waals surface area contributed by atoms with Crippen LogP contribution in [0.15, 0.2) is 24.5 Å². The van der Waals surface area contributed by atoms with Crippen molar-refractivity contribution in [1.29, 1.82) is 0 Å². The number of methoxy groups -OCH3 is 1. The summed E-state index contributed by atoms with van der Waals surface area (Å²) in [6, 6.07) is 4.81. The summed E-state index contributed by atoms with van der Waals surface area (Å²) in [6.45, 7) is 0.235. The molecular weight excluding hydrogens is 315 g/mol. The number of nitrogens with one attached hydrogen (secondary N) is 1. The molecule has 2 aromatic rings. The van der Waals surface area contributed by atoms with Gasteiger partial charge in [-0.25, -0.2) is 4.98 Å². The first-order valence-corrected chi connectivity index (χ1v) is 6.66. The SMILES string of the molecule is COc1ncnc(Cl)c1NC(=O)c1ccc(Cl)c(CN)c1. The Labute approximate surface area is 131 Å². The molecule has 21 heavy (non-hydrogen) atoms. The maximum absolute atomic E-state index is 12.2. The van der Waals surface area contributed by atoms with Gasteiger partial charge in [0.1, 0.15) is 12.0 Å². The zero-order valence-corrected chi connectivity index (χ0v) is 12.6. The molecule has 1 aromatic carbocycles. The van der Waals surface area contributed by atoms with Crippen LogP contribution in [0.3, 0.4) is 0 Å². The number of aromatic nitrogens is 2. The molecule has 0 unspecified atom stereocenters. The van der Waals surface area contributed by atoms with Crippen LogP contribution in [0.25, 0.3) is 0 Å². The van der Waals surface area contributed by atoms with Gasteiger partial charge in [0.05, 0.1) is 7.11 Å². The summed E-state index contributed by atoms with van der Waals surface area (Å²) in [5.41, 5.74) is 6.83. The molecule has 0 bridgehead atoms. The molecule has 0 radical (unpaired) electrons. The van der Waals surface area contributed by atoms with Gasteiger partial charge in [-0.2, -0.15) is 4.98 Å². The predicted octanol–water partition coefficient (Wildman–Crippen LogP) is 2.50. The molecule has 0 atom stereocenters. The van der Waals surface area contributed by atoms with Gasteiger partial charge in [-0.15, -0.1) is 0 Å². The number of halogens is 2. The number of carbonyl (C=O) groups is 1. The Balaban J connectivity index is 2.30. The highest BCUT2D eigenvalue weighted by molar-refractivity contribution is 6.33. The van der Waals surface area contributed by atoms with E-state index in [9.17, 15) is 4.79 Å². The molecule has 6 nitrogen and oxygen atoms in total. The summed E-state index contributed by atoms with van der Waals surface area (Å²) < 4.78 is 5.04. The molecule has 0 aliphatic carbocycles. The van der Waals surface area contributed by atoms with Crippen molar-refractivity contribution in [2.45, 2.75) is 6.54 Å². The Morgan fingerprint density at radius 3 is 2.81 bits per heavy atom. The molecule has 8 heteroatoms. The fraction of sp³-hybridized carbons (Fsp3) is 0.154. The van der Waals surface area contributed by atoms with Crippen molar-refractivity contribution in [2.24, 2.45) is 5.73 Å². The molecule has 0 saturated heterocycles. The highest BCUT2D eigenvalue weighted by Crippen LogP contribution is 2.28. The first-order chi connectivity index (χ1) is 10.1. The fourth-order valence-electron chi connectivity index (χ4n) is 1.67. The summed E-state index contributed by atoms with van der Waals surface area (Å²) in [5.74, 6) is -0.215. The Morgan fingerprint density at radius 1 is 1.38 bits per heavy atom. The lowest BCUT2D eigenvalue weighted by Gasteiger charge is -2.10. The van der Waals surface area contributed by atoms with Gasteiger partial charge in [-0.05, 0) is 23.8 Å². The molecule has 2 rings (SSSR count). The molecule has 1 heterocycles. The zero-order chi connectivity index (χ0) is 15.4. The van der Waals surface area contributed by atoms with E-state index >= 15 is 0 Å². The lowest BCUT2D eigenvalue weighted by Crippen LogP contribution is -2.14. The maximum Gasteiger partial charge on any atom is 0.255 e. The second-order valence-corrected chi connectivity index (χ2v) is 4.78. The van der Waals surface area contributed by atoms with Crippen LogP contribution in [-0.4, -0.2) is 23.0 Å². The molecule has 0 saturated carbocycles. The number of anilines is 1. The van der Waals surface area contributed by atoms with Gasteiger partial charge in [0.2, 0.25) is 5.88 Å². The zero-order valence-electron chi connectivity index (χ0n) is 11.1. The van der Waals surface area contributed by atoms with Gasteiger partial charge in [-0.3, -0.25) is 4.79 Å². The van der Waals surface area contributed by atoms with E-state index in [0.717, 1.165) is 0 Å². The molecule has 110 valence electrons. The molecule has 3 N–H and O–H groups in total. The van der Waals surface area contributed by atoms with Crippen molar-refractivity contribution in [3.8, 4) is 5.88 Å². The number of carbonyl (C=O) groups excluding carboxylic acids is 1. The first kappa shape index (κ1) is 15.5. The Kier molecular flexibility index (Phi) is 4.95. The summed E-state index contributed by atoms with van der Waals surface area (Å²) in [6.07, 6.45) is 1.24. The molecule has 1 aromatic heterocycles. The van der Waals surface area contributed by atoms with Crippen molar-refractivity contribution in [1.82, 2.24) is 9.97 Å². The predicted molar refractivity (Wildman–Crippen MR) is 80.9 cm³/mol. The third-order valence-electron chi connectivity index (χ3n) is 2.73. The number of amides is 1. The van der Waals surface area contributed by atoms with Gasteiger partial charge in [0, 0.05) is 17.1 Å². The van der Waals surface area contributed by atoms with Crippen LogP contribution in [0.2, 0.25) is 10.2 Å². The molecular formula is C13H12Cl2N4O2. The highest BCUT2D eigenvalue weighted by Gasteiger charge is 2.15. The average molecular weight is 327 g/mol. The average Bonchev–Trinajstić information content (AvgIpc) is 2.49. The van der Waals surface area contributed by atoms with Crippen LogP contribution < -0.4 is 15.8 Å². The summed E-state index contributed by atoms with van der Waals surface area (Å²) >= 11 is 11.9. The van der Waals surface area contributed by atoms with Crippen LogP contribution in [0.1, 0.15) is 15.9 Å². The number of hydrogen-bond donors (Lipinski definition) is 2. The second-order valence-electron chi connectivity index (χ2n) is 4.01. The van der Waals surface area contributed by atoms with E-state index in [2.05, 4.69) is 15.3 Å². The van der Waals surface area contributed by atoms with Gasteiger partial charge in [-0.1, -0.05) is 23.2 Å². The summed E-state index contributed by atoms with van der Waals surface area (Å²) in [7, 11) is 1.42. The standard InChI is InChI=1S/C13H12Cl2N4O2/c1-21-13-10(11(15)17-6-18-13)19-12(20)7-2-3-9(14)8(4-7)5-16/h2-4,6H,5,16H2,1H3,(H,19,20). The Hall–Kier alpha value is -1.89. The Bertz CT molecular complexity index is 679. The smallest absolute Gasteiger partial charge is 0.255 e. The normalized spacial score (nSPS) is 10.3. The van der Waals surface area contributed by atoms with Crippen LogP contribution in [-0.2, 0) is 6.54 Å². The van der Waals surface area contributed by atoms with E-state index in [0.29, 0.717) is 16.1 Å². The van der Waals surface area contributed by atoms with Gasteiger partial charge >= 0.3 is 0 Å². The minimum absolute atomic E-state index is 0.0863. The number of rotatable bonds is 4. The number of nitrogens with zero attached hydrogens (tertiary/aromatic N) is 2. The molecule has 1 amide bonds. The minimum atomic E-state index is -0.392. The van der Waals surface area contributed by atoms with E-state index in [-0.39, 0.29) is 23.3 Å². The van der Waals surface area contributed by atoms with Crippen molar-refractivity contribution in [2.75, 3.05) is 12.4 Å². The van der Waals surface area contributed by atoms with E-state index in [1.165, 1.54) is 13.4 Å². The fourth-order valence-corrected chi connectivity index (χ4v) is 2.03. The topological polar surface area (TPSA) is 90.1 Å². The highest BCUT2D eigenvalue weighted by atomic mass is 35.5. The summed E-state index contributed by atoms with van der Waals surface area (Å²) in [5, 5.41) is 3.21. The van der Waals surface area contributed by atoms with Crippen molar-refractivity contribution >= 4 is 34.8 Å².